The topological polar surface area (TPSA) is 39.4 Å². The first-order valence-corrected chi connectivity index (χ1v) is 8.05. The van der Waals surface area contributed by atoms with E-state index in [0.29, 0.717) is 28.7 Å². The normalized spacial score (nSPS) is 16.9. The van der Waals surface area contributed by atoms with Crippen LogP contribution in [-0.2, 0) is 6.42 Å². The van der Waals surface area contributed by atoms with E-state index >= 15 is 0 Å². The highest BCUT2D eigenvalue weighted by molar-refractivity contribution is 5.87. The highest BCUT2D eigenvalue weighted by Crippen LogP contribution is 2.39. The smallest absolute Gasteiger partial charge is 0.204 e. The Labute approximate surface area is 140 Å². The maximum Gasteiger partial charge on any atom is 0.204 e. The standard InChI is InChI=1S/C21H18O3/c1-13-11-15(14-7-4-3-5-8-14)12-18-19(13)21(22)20-16(23-2)9-6-10-17(20)24-18/h3-10,15H,1,11-12H2,2H3/t15-/m0/s1. The summed E-state index contributed by atoms with van der Waals surface area (Å²) in [6.45, 7) is 4.15. The fourth-order valence-electron chi connectivity index (χ4n) is 3.58. The number of methoxy groups -OCH3 is 1. The van der Waals surface area contributed by atoms with Crippen LogP contribution in [0, 0.1) is 0 Å². The Morgan fingerprint density at radius 3 is 2.62 bits per heavy atom. The van der Waals surface area contributed by atoms with E-state index in [-0.39, 0.29) is 11.3 Å². The maximum atomic E-state index is 13.0. The van der Waals surface area contributed by atoms with Crippen LogP contribution in [0.15, 0.2) is 64.3 Å². The molecule has 0 saturated carbocycles. The van der Waals surface area contributed by atoms with Gasteiger partial charge in [-0.1, -0.05) is 43.0 Å². The molecule has 0 radical (unpaired) electrons. The number of hydrogen-bond donors (Lipinski definition) is 0. The first kappa shape index (κ1) is 14.8. The predicted octanol–water partition coefficient (Wildman–Crippen LogP) is 4.54. The Kier molecular flexibility index (Phi) is 3.49. The summed E-state index contributed by atoms with van der Waals surface area (Å²) in [6, 6.07) is 15.7. The molecule has 2 aromatic carbocycles. The molecule has 0 fully saturated rings. The molecule has 3 aromatic rings. The second-order valence-corrected chi connectivity index (χ2v) is 6.18. The molecule has 1 aliphatic rings. The third-order valence-electron chi connectivity index (χ3n) is 4.72. The molecule has 1 atom stereocenters. The fraction of sp³-hybridized carbons (Fsp3) is 0.190. The summed E-state index contributed by atoms with van der Waals surface area (Å²) in [6.07, 6.45) is 1.48. The van der Waals surface area contributed by atoms with Crippen molar-refractivity contribution in [3.05, 3.63) is 82.2 Å². The van der Waals surface area contributed by atoms with Crippen LogP contribution in [0.4, 0.5) is 0 Å². The molecule has 120 valence electrons. The van der Waals surface area contributed by atoms with Gasteiger partial charge >= 0.3 is 0 Å². The summed E-state index contributed by atoms with van der Waals surface area (Å²) in [7, 11) is 1.56. The van der Waals surface area contributed by atoms with E-state index in [1.165, 1.54) is 5.56 Å². The van der Waals surface area contributed by atoms with E-state index in [1.807, 2.05) is 30.3 Å². The van der Waals surface area contributed by atoms with Crippen LogP contribution in [0.1, 0.15) is 29.2 Å². The Hall–Kier alpha value is -2.81. The van der Waals surface area contributed by atoms with Gasteiger partial charge in [0, 0.05) is 6.42 Å². The predicted molar refractivity (Wildman–Crippen MR) is 95.6 cm³/mol. The zero-order valence-corrected chi connectivity index (χ0v) is 13.5. The van der Waals surface area contributed by atoms with Crippen molar-refractivity contribution in [2.75, 3.05) is 7.11 Å². The number of hydrogen-bond acceptors (Lipinski definition) is 3. The van der Waals surface area contributed by atoms with Crippen LogP contribution >= 0.6 is 0 Å². The highest BCUT2D eigenvalue weighted by Gasteiger charge is 2.28. The minimum atomic E-state index is -0.0415. The molecule has 0 N–H and O–H groups in total. The van der Waals surface area contributed by atoms with E-state index < -0.39 is 0 Å². The quantitative estimate of drug-likeness (QED) is 0.696. The van der Waals surface area contributed by atoms with E-state index in [9.17, 15) is 4.79 Å². The lowest BCUT2D eigenvalue weighted by molar-refractivity contribution is 0.417. The summed E-state index contributed by atoms with van der Waals surface area (Å²) in [5.41, 5.74) is 3.24. The summed E-state index contributed by atoms with van der Waals surface area (Å²) < 4.78 is 11.4. The second kappa shape index (κ2) is 5.68. The molecular weight excluding hydrogens is 300 g/mol. The molecule has 4 rings (SSSR count). The van der Waals surface area contributed by atoms with Crippen molar-refractivity contribution in [1.29, 1.82) is 0 Å². The van der Waals surface area contributed by atoms with Crippen LogP contribution in [0.3, 0.4) is 0 Å². The lowest BCUT2D eigenvalue weighted by Gasteiger charge is -2.25. The molecule has 0 saturated heterocycles. The molecule has 24 heavy (non-hydrogen) atoms. The average Bonchev–Trinajstić information content (AvgIpc) is 2.61. The third kappa shape index (κ3) is 2.24. The van der Waals surface area contributed by atoms with Crippen molar-refractivity contribution in [1.82, 2.24) is 0 Å². The maximum absolute atomic E-state index is 13.0. The molecule has 1 aliphatic carbocycles. The van der Waals surface area contributed by atoms with Gasteiger partial charge in [-0.05, 0) is 35.6 Å². The van der Waals surface area contributed by atoms with Gasteiger partial charge in [-0.3, -0.25) is 4.79 Å². The van der Waals surface area contributed by atoms with Gasteiger partial charge < -0.3 is 9.15 Å². The van der Waals surface area contributed by atoms with Gasteiger partial charge in [0.1, 0.15) is 22.5 Å². The van der Waals surface area contributed by atoms with E-state index in [1.54, 1.807) is 13.2 Å². The van der Waals surface area contributed by atoms with E-state index in [2.05, 4.69) is 18.7 Å². The van der Waals surface area contributed by atoms with Crippen molar-refractivity contribution >= 4 is 16.5 Å². The van der Waals surface area contributed by atoms with Gasteiger partial charge in [-0.15, -0.1) is 0 Å². The van der Waals surface area contributed by atoms with Crippen LogP contribution < -0.4 is 10.2 Å². The average molecular weight is 318 g/mol. The van der Waals surface area contributed by atoms with Crippen molar-refractivity contribution in [3.8, 4) is 5.75 Å². The molecule has 3 nitrogen and oxygen atoms in total. The molecular formula is C21H18O3. The highest BCUT2D eigenvalue weighted by atomic mass is 16.5. The van der Waals surface area contributed by atoms with Gasteiger partial charge in [-0.2, -0.15) is 0 Å². The van der Waals surface area contributed by atoms with Gasteiger partial charge in [-0.25, -0.2) is 0 Å². The van der Waals surface area contributed by atoms with Crippen LogP contribution in [0.2, 0.25) is 0 Å². The summed E-state index contributed by atoms with van der Waals surface area (Å²) in [4.78, 5) is 13.0. The molecule has 1 heterocycles. The van der Waals surface area contributed by atoms with E-state index in [4.69, 9.17) is 9.15 Å². The molecule has 3 heteroatoms. The first-order valence-electron chi connectivity index (χ1n) is 8.05. The van der Waals surface area contributed by atoms with Crippen LogP contribution in [-0.4, -0.2) is 7.11 Å². The third-order valence-corrected chi connectivity index (χ3v) is 4.72. The lowest BCUT2D eigenvalue weighted by Crippen LogP contribution is -2.20. The SMILES string of the molecule is C=C1C[C@H](c2ccccc2)Cc2oc3cccc(OC)c3c(=O)c21. The van der Waals surface area contributed by atoms with Crippen molar-refractivity contribution in [2.24, 2.45) is 0 Å². The molecule has 0 bridgehead atoms. The van der Waals surface area contributed by atoms with Crippen molar-refractivity contribution in [2.45, 2.75) is 18.8 Å². The van der Waals surface area contributed by atoms with Crippen LogP contribution in [0.25, 0.3) is 16.5 Å². The second-order valence-electron chi connectivity index (χ2n) is 6.18. The zero-order valence-electron chi connectivity index (χ0n) is 13.5. The Morgan fingerprint density at radius 1 is 1.08 bits per heavy atom. The summed E-state index contributed by atoms with van der Waals surface area (Å²) in [5, 5.41) is 0.498. The molecule has 0 spiro atoms. The molecule has 0 unspecified atom stereocenters. The van der Waals surface area contributed by atoms with Gasteiger partial charge in [0.2, 0.25) is 5.43 Å². The Balaban J connectivity index is 1.90. The monoisotopic (exact) mass is 318 g/mol. The minimum Gasteiger partial charge on any atom is -0.496 e. The molecule has 1 aromatic heterocycles. The van der Waals surface area contributed by atoms with Gasteiger partial charge in [0.05, 0.1) is 12.7 Å². The summed E-state index contributed by atoms with van der Waals surface area (Å²) in [5.74, 6) is 1.56. The first-order chi connectivity index (χ1) is 11.7. The number of benzene rings is 2. The largest absolute Gasteiger partial charge is 0.496 e. The molecule has 0 amide bonds. The van der Waals surface area contributed by atoms with Gasteiger partial charge in [0.15, 0.2) is 0 Å². The molecule has 0 aliphatic heterocycles. The van der Waals surface area contributed by atoms with E-state index in [0.717, 1.165) is 17.8 Å². The zero-order chi connectivity index (χ0) is 16.7. The number of fused-ring (bicyclic) bond motifs is 2. The minimum absolute atomic E-state index is 0.0415. The van der Waals surface area contributed by atoms with Crippen molar-refractivity contribution in [3.63, 3.8) is 0 Å². The lowest BCUT2D eigenvalue weighted by atomic mass is 9.80. The summed E-state index contributed by atoms with van der Waals surface area (Å²) >= 11 is 0. The Bertz CT molecular complexity index is 983. The fourth-order valence-corrected chi connectivity index (χ4v) is 3.58. The van der Waals surface area contributed by atoms with Gasteiger partial charge in [0.25, 0.3) is 0 Å². The number of ether oxygens (including phenoxy) is 1. The Morgan fingerprint density at radius 2 is 1.88 bits per heavy atom. The van der Waals surface area contributed by atoms with Crippen LogP contribution in [0.5, 0.6) is 5.75 Å². The van der Waals surface area contributed by atoms with Crippen molar-refractivity contribution < 1.29 is 9.15 Å². The number of allylic oxidation sites excluding steroid dienone is 1. The number of rotatable bonds is 2.